The molecule has 9 heteroatoms. The predicted molar refractivity (Wildman–Crippen MR) is 131 cm³/mol. The average molecular weight is 545 g/mol. The highest BCUT2D eigenvalue weighted by Crippen LogP contribution is 2.39. The highest BCUT2D eigenvalue weighted by molar-refractivity contribution is 14.0. The molecule has 3 rings (SSSR count). The Morgan fingerprint density at radius 1 is 1.13 bits per heavy atom. The summed E-state index contributed by atoms with van der Waals surface area (Å²) in [7, 11) is 4.77. The van der Waals surface area contributed by atoms with E-state index < -0.39 is 0 Å². The van der Waals surface area contributed by atoms with Crippen LogP contribution in [-0.2, 0) is 11.2 Å². The van der Waals surface area contributed by atoms with Crippen LogP contribution in [0.15, 0.2) is 39.9 Å². The number of ether oxygens (including phenoxy) is 4. The summed E-state index contributed by atoms with van der Waals surface area (Å²) in [4.78, 5) is 4.74. The van der Waals surface area contributed by atoms with E-state index in [4.69, 9.17) is 28.4 Å². The lowest BCUT2D eigenvalue weighted by Gasteiger charge is -2.22. The summed E-state index contributed by atoms with van der Waals surface area (Å²) in [5.41, 5.74) is 0.776. The number of nitrogens with zero attached hydrogens (tertiary/aromatic N) is 1. The van der Waals surface area contributed by atoms with Crippen molar-refractivity contribution in [3.05, 3.63) is 36.3 Å². The molecule has 172 valence electrons. The lowest BCUT2D eigenvalue weighted by atomic mass is 10.1. The average Bonchev–Trinajstić information content (AvgIpc) is 3.30. The number of anilines is 1. The zero-order chi connectivity index (χ0) is 21.2. The van der Waals surface area contributed by atoms with E-state index in [1.54, 1.807) is 27.6 Å². The van der Waals surface area contributed by atoms with E-state index in [2.05, 4.69) is 10.6 Å². The number of hydrogen-bond acceptors (Lipinski definition) is 6. The predicted octanol–water partition coefficient (Wildman–Crippen LogP) is 4.09. The first-order valence-corrected chi connectivity index (χ1v) is 10.2. The van der Waals surface area contributed by atoms with Gasteiger partial charge in [0.25, 0.3) is 0 Å². The highest BCUT2D eigenvalue weighted by Gasteiger charge is 2.16. The summed E-state index contributed by atoms with van der Waals surface area (Å²) in [6.07, 6.45) is 5.93. The summed E-state index contributed by atoms with van der Waals surface area (Å²) in [5.74, 6) is 3.27. The molecule has 0 bridgehead atoms. The van der Waals surface area contributed by atoms with Gasteiger partial charge in [-0.1, -0.05) is 0 Å². The molecule has 8 nitrogen and oxygen atoms in total. The molecule has 0 amide bonds. The number of furan rings is 1. The Morgan fingerprint density at radius 2 is 1.90 bits per heavy atom. The van der Waals surface area contributed by atoms with E-state index in [1.807, 2.05) is 24.3 Å². The summed E-state index contributed by atoms with van der Waals surface area (Å²) < 4.78 is 27.5. The monoisotopic (exact) mass is 545 g/mol. The zero-order valence-electron chi connectivity index (χ0n) is 18.3. The van der Waals surface area contributed by atoms with Crippen molar-refractivity contribution >= 4 is 35.6 Å². The minimum Gasteiger partial charge on any atom is -0.493 e. The summed E-state index contributed by atoms with van der Waals surface area (Å²) in [6.45, 7) is 2.08. The first-order chi connectivity index (χ1) is 14.7. The third kappa shape index (κ3) is 7.49. The Hall–Kier alpha value is -2.14. The van der Waals surface area contributed by atoms with Crippen LogP contribution in [0.1, 0.15) is 25.0 Å². The molecule has 0 saturated carbocycles. The largest absolute Gasteiger partial charge is 0.493 e. The molecular formula is C22H32IN3O5. The van der Waals surface area contributed by atoms with E-state index in [1.165, 1.54) is 6.42 Å². The van der Waals surface area contributed by atoms with Crippen LogP contribution >= 0.6 is 24.0 Å². The van der Waals surface area contributed by atoms with Gasteiger partial charge in [-0.25, -0.2) is 0 Å². The van der Waals surface area contributed by atoms with E-state index in [0.29, 0.717) is 36.3 Å². The van der Waals surface area contributed by atoms with Crippen molar-refractivity contribution in [3.8, 4) is 17.2 Å². The minimum atomic E-state index is 0. The lowest BCUT2D eigenvalue weighted by Crippen LogP contribution is -2.34. The van der Waals surface area contributed by atoms with Crippen molar-refractivity contribution in [3.63, 3.8) is 0 Å². The molecule has 1 saturated heterocycles. The molecule has 0 radical (unpaired) electrons. The first kappa shape index (κ1) is 25.1. The van der Waals surface area contributed by atoms with Crippen LogP contribution in [0.4, 0.5) is 5.69 Å². The third-order valence-electron chi connectivity index (χ3n) is 4.90. The molecule has 2 aromatic rings. The van der Waals surface area contributed by atoms with Gasteiger partial charge in [0.15, 0.2) is 17.5 Å². The Bertz CT molecular complexity index is 782. The SMILES string of the molecule is COc1cc(NC(=NCC2CCCCO2)NCCc2ccco2)cc(OC)c1OC.I. The number of rotatable bonds is 9. The number of aliphatic imine (C=N–C) groups is 1. The molecule has 1 atom stereocenters. The van der Waals surface area contributed by atoms with Crippen LogP contribution in [0.5, 0.6) is 17.2 Å². The van der Waals surface area contributed by atoms with Gasteiger partial charge >= 0.3 is 0 Å². The number of nitrogens with one attached hydrogen (secondary N) is 2. The van der Waals surface area contributed by atoms with Gasteiger partial charge in [-0.05, 0) is 31.4 Å². The van der Waals surface area contributed by atoms with Gasteiger partial charge in [-0.3, -0.25) is 4.99 Å². The first-order valence-electron chi connectivity index (χ1n) is 10.2. The van der Waals surface area contributed by atoms with Gasteiger partial charge in [-0.15, -0.1) is 24.0 Å². The van der Waals surface area contributed by atoms with Crippen molar-refractivity contribution in [2.75, 3.05) is 46.3 Å². The molecule has 31 heavy (non-hydrogen) atoms. The maximum atomic E-state index is 5.81. The molecule has 2 N–H and O–H groups in total. The molecule has 0 aliphatic carbocycles. The van der Waals surface area contributed by atoms with Crippen LogP contribution in [-0.4, -0.2) is 53.1 Å². The van der Waals surface area contributed by atoms with E-state index in [-0.39, 0.29) is 30.1 Å². The molecular weight excluding hydrogens is 513 g/mol. The number of methoxy groups -OCH3 is 3. The third-order valence-corrected chi connectivity index (χ3v) is 4.90. The number of hydrogen-bond donors (Lipinski definition) is 2. The van der Waals surface area contributed by atoms with Crippen LogP contribution in [0, 0.1) is 0 Å². The fourth-order valence-corrected chi connectivity index (χ4v) is 3.33. The second-order valence-electron chi connectivity index (χ2n) is 6.97. The van der Waals surface area contributed by atoms with Crippen LogP contribution in [0.2, 0.25) is 0 Å². The molecule has 0 spiro atoms. The number of halogens is 1. The van der Waals surface area contributed by atoms with Crippen molar-refractivity contribution in [1.82, 2.24) is 5.32 Å². The standard InChI is InChI=1S/C22H31N3O5.HI/c1-26-19-13-16(14-20(27-2)21(19)28-3)25-22(23-10-9-17-8-6-12-29-17)24-15-18-7-4-5-11-30-18;/h6,8,12-14,18H,4-5,7,9-11,15H2,1-3H3,(H2,23,24,25);1H. The number of guanidine groups is 1. The molecule has 1 aliphatic heterocycles. The van der Waals surface area contributed by atoms with Crippen molar-refractivity contribution in [2.24, 2.45) is 4.99 Å². The van der Waals surface area contributed by atoms with Gasteiger partial charge in [0.1, 0.15) is 5.76 Å². The van der Waals surface area contributed by atoms with Crippen molar-refractivity contribution < 1.29 is 23.4 Å². The maximum Gasteiger partial charge on any atom is 0.203 e. The quantitative estimate of drug-likeness (QED) is 0.279. The van der Waals surface area contributed by atoms with E-state index in [0.717, 1.165) is 37.3 Å². The van der Waals surface area contributed by atoms with Gasteiger partial charge < -0.3 is 34.0 Å². The van der Waals surface area contributed by atoms with Crippen LogP contribution < -0.4 is 24.8 Å². The van der Waals surface area contributed by atoms with Gasteiger partial charge in [0.2, 0.25) is 5.75 Å². The van der Waals surface area contributed by atoms with Crippen molar-refractivity contribution in [1.29, 1.82) is 0 Å². The molecule has 1 aromatic heterocycles. The molecule has 1 fully saturated rings. The second kappa shape index (κ2) is 13.3. The molecule has 2 heterocycles. The fraction of sp³-hybridized carbons (Fsp3) is 0.500. The van der Waals surface area contributed by atoms with Crippen LogP contribution in [0.25, 0.3) is 0 Å². The highest BCUT2D eigenvalue weighted by atomic mass is 127. The van der Waals surface area contributed by atoms with Crippen molar-refractivity contribution in [2.45, 2.75) is 31.8 Å². The van der Waals surface area contributed by atoms with E-state index in [9.17, 15) is 0 Å². The Kier molecular flexibility index (Phi) is 10.8. The normalized spacial score (nSPS) is 16.2. The summed E-state index contributed by atoms with van der Waals surface area (Å²) >= 11 is 0. The van der Waals surface area contributed by atoms with Gasteiger partial charge in [0.05, 0.1) is 40.2 Å². The fourth-order valence-electron chi connectivity index (χ4n) is 3.33. The minimum absolute atomic E-state index is 0. The smallest absolute Gasteiger partial charge is 0.203 e. The number of benzene rings is 1. The molecule has 1 unspecified atom stereocenters. The zero-order valence-corrected chi connectivity index (χ0v) is 20.6. The summed E-state index contributed by atoms with van der Waals surface area (Å²) in [6, 6.07) is 7.55. The Balaban J connectivity index is 0.00000341. The van der Waals surface area contributed by atoms with E-state index >= 15 is 0 Å². The Labute approximate surface area is 200 Å². The van der Waals surface area contributed by atoms with Crippen LogP contribution in [0.3, 0.4) is 0 Å². The second-order valence-corrected chi connectivity index (χ2v) is 6.97. The Morgan fingerprint density at radius 3 is 2.48 bits per heavy atom. The summed E-state index contributed by atoms with van der Waals surface area (Å²) in [5, 5.41) is 6.70. The maximum absolute atomic E-state index is 5.81. The lowest BCUT2D eigenvalue weighted by molar-refractivity contribution is 0.0225. The molecule has 1 aliphatic rings. The topological polar surface area (TPSA) is 86.5 Å². The molecule has 1 aromatic carbocycles. The van der Waals surface area contributed by atoms with Gasteiger partial charge in [-0.2, -0.15) is 0 Å². The van der Waals surface area contributed by atoms with Gasteiger partial charge in [0, 0.05) is 37.4 Å².